The maximum Gasteiger partial charge on any atom is 0.300 e. The summed E-state index contributed by atoms with van der Waals surface area (Å²) in [5.41, 5.74) is 0. The van der Waals surface area contributed by atoms with Crippen LogP contribution in [0.15, 0.2) is 0 Å². The third-order valence-electron chi connectivity index (χ3n) is 2.96. The van der Waals surface area contributed by atoms with Gasteiger partial charge >= 0.3 is 0 Å². The number of hydrogen-bond acceptors (Lipinski definition) is 1. The van der Waals surface area contributed by atoms with Crippen molar-refractivity contribution in [2.75, 3.05) is 0 Å². The molecule has 0 aliphatic carbocycles. The third-order valence-corrected chi connectivity index (χ3v) is 2.96. The van der Waals surface area contributed by atoms with Gasteiger partial charge in [0.2, 0.25) is 0 Å². The van der Waals surface area contributed by atoms with E-state index in [9.17, 15) is 0 Å². The van der Waals surface area contributed by atoms with E-state index in [4.69, 9.17) is 9.90 Å². The molecule has 2 nitrogen and oxygen atoms in total. The van der Waals surface area contributed by atoms with E-state index in [1.807, 2.05) is 0 Å². The van der Waals surface area contributed by atoms with Crippen LogP contribution in [0.5, 0.6) is 0 Å². The molecule has 0 aromatic carbocycles. The normalized spacial score (nSPS) is 9.72. The topological polar surface area (TPSA) is 37.3 Å². The van der Waals surface area contributed by atoms with Crippen molar-refractivity contribution in [1.82, 2.24) is 0 Å². The van der Waals surface area contributed by atoms with Gasteiger partial charge in [-0.2, -0.15) is 0 Å². The zero-order chi connectivity index (χ0) is 14.1. The number of hydrogen-bond donors (Lipinski definition) is 1. The van der Waals surface area contributed by atoms with Gasteiger partial charge in [0.15, 0.2) is 0 Å². The van der Waals surface area contributed by atoms with Gasteiger partial charge < -0.3 is 5.11 Å². The van der Waals surface area contributed by atoms with E-state index < -0.39 is 5.97 Å². The number of carboxylic acids is 1. The van der Waals surface area contributed by atoms with Gasteiger partial charge in [-0.15, -0.1) is 0 Å². The predicted octanol–water partition coefficient (Wildman–Crippen LogP) is 5.80. The highest BCUT2D eigenvalue weighted by Gasteiger charge is 1.91. The number of carbonyl (C=O) groups is 1. The minimum atomic E-state index is -0.833. The molecule has 0 saturated heterocycles. The van der Waals surface area contributed by atoms with Gasteiger partial charge in [0.25, 0.3) is 5.97 Å². The highest BCUT2D eigenvalue weighted by Crippen LogP contribution is 2.11. The lowest BCUT2D eigenvalue weighted by Gasteiger charge is -2.01. The van der Waals surface area contributed by atoms with E-state index in [2.05, 4.69) is 13.8 Å². The summed E-state index contributed by atoms with van der Waals surface area (Å²) in [5, 5.41) is 7.42. The molecule has 0 amide bonds. The first-order valence-electron chi connectivity index (χ1n) is 7.84. The van der Waals surface area contributed by atoms with Crippen molar-refractivity contribution >= 4 is 5.97 Å². The molecule has 0 aromatic rings. The van der Waals surface area contributed by atoms with E-state index in [0.717, 1.165) is 6.92 Å². The Morgan fingerprint density at radius 1 is 0.667 bits per heavy atom. The number of rotatable bonds is 11. The molecular weight excluding hydrogens is 224 g/mol. The van der Waals surface area contributed by atoms with Crippen molar-refractivity contribution in [3.63, 3.8) is 0 Å². The molecule has 2 heteroatoms. The SMILES string of the molecule is CC(=O)O.CCCCCCCCCCCCCC. The third kappa shape index (κ3) is 29.5. The number of aliphatic carboxylic acids is 1. The van der Waals surface area contributed by atoms with Crippen LogP contribution < -0.4 is 0 Å². The Kier molecular flexibility index (Phi) is 20.7. The van der Waals surface area contributed by atoms with Crippen LogP contribution in [-0.4, -0.2) is 11.1 Å². The smallest absolute Gasteiger partial charge is 0.300 e. The summed E-state index contributed by atoms with van der Waals surface area (Å²) in [7, 11) is 0. The van der Waals surface area contributed by atoms with Crippen molar-refractivity contribution in [1.29, 1.82) is 0 Å². The molecule has 18 heavy (non-hydrogen) atoms. The Morgan fingerprint density at radius 2 is 0.833 bits per heavy atom. The number of carboxylic acid groups (broad SMARTS) is 1. The molecule has 0 aliphatic heterocycles. The summed E-state index contributed by atoms with van der Waals surface area (Å²) in [5.74, 6) is -0.833. The summed E-state index contributed by atoms with van der Waals surface area (Å²) in [6.45, 7) is 5.65. The Balaban J connectivity index is 0. The standard InChI is InChI=1S/C14H30.C2H4O2/c1-3-5-7-9-11-13-14-12-10-8-6-4-2;1-2(3)4/h3-14H2,1-2H3;1H3,(H,3,4). The average molecular weight is 258 g/mol. The lowest BCUT2D eigenvalue weighted by Crippen LogP contribution is -1.81. The average Bonchev–Trinajstić information content (AvgIpc) is 2.31. The van der Waals surface area contributed by atoms with E-state index in [0.29, 0.717) is 0 Å². The van der Waals surface area contributed by atoms with Crippen LogP contribution in [0.25, 0.3) is 0 Å². The second kappa shape index (κ2) is 18.8. The first-order valence-corrected chi connectivity index (χ1v) is 7.84. The minimum absolute atomic E-state index is 0.833. The van der Waals surface area contributed by atoms with Crippen molar-refractivity contribution < 1.29 is 9.90 Å². The second-order valence-electron chi connectivity index (χ2n) is 5.05. The predicted molar refractivity (Wildman–Crippen MR) is 80.1 cm³/mol. The second-order valence-corrected chi connectivity index (χ2v) is 5.05. The van der Waals surface area contributed by atoms with Gasteiger partial charge in [-0.25, -0.2) is 0 Å². The van der Waals surface area contributed by atoms with Gasteiger partial charge in [0.1, 0.15) is 0 Å². The molecule has 0 fully saturated rings. The van der Waals surface area contributed by atoms with E-state index in [1.54, 1.807) is 0 Å². The van der Waals surface area contributed by atoms with Crippen LogP contribution in [0.2, 0.25) is 0 Å². The van der Waals surface area contributed by atoms with Crippen LogP contribution in [0.4, 0.5) is 0 Å². The fraction of sp³-hybridized carbons (Fsp3) is 0.938. The van der Waals surface area contributed by atoms with Crippen LogP contribution in [0.3, 0.4) is 0 Å². The number of unbranched alkanes of at least 4 members (excludes halogenated alkanes) is 11. The molecule has 0 rings (SSSR count). The molecular formula is C16H34O2. The zero-order valence-corrected chi connectivity index (χ0v) is 12.8. The summed E-state index contributed by atoms with van der Waals surface area (Å²) in [4.78, 5) is 9.00. The summed E-state index contributed by atoms with van der Waals surface area (Å²) in [6, 6.07) is 0. The monoisotopic (exact) mass is 258 g/mol. The Labute approximate surface area is 114 Å². The van der Waals surface area contributed by atoms with Crippen molar-refractivity contribution in [2.24, 2.45) is 0 Å². The van der Waals surface area contributed by atoms with Gasteiger partial charge in [-0.05, 0) is 0 Å². The maximum absolute atomic E-state index is 9.00. The molecule has 1 N–H and O–H groups in total. The van der Waals surface area contributed by atoms with Gasteiger partial charge in [0.05, 0.1) is 0 Å². The Bertz CT molecular complexity index is 139. The Hall–Kier alpha value is -0.530. The maximum atomic E-state index is 9.00. The first-order chi connectivity index (χ1) is 8.65. The van der Waals surface area contributed by atoms with Crippen molar-refractivity contribution in [2.45, 2.75) is 97.8 Å². The van der Waals surface area contributed by atoms with Gasteiger partial charge in [-0.1, -0.05) is 90.9 Å². The lowest BCUT2D eigenvalue weighted by molar-refractivity contribution is -0.134. The van der Waals surface area contributed by atoms with Crippen molar-refractivity contribution in [3.05, 3.63) is 0 Å². The van der Waals surface area contributed by atoms with Crippen LogP contribution in [0, 0.1) is 0 Å². The summed E-state index contributed by atoms with van der Waals surface area (Å²) >= 11 is 0. The highest BCUT2D eigenvalue weighted by atomic mass is 16.4. The van der Waals surface area contributed by atoms with E-state index in [1.165, 1.54) is 77.0 Å². The summed E-state index contributed by atoms with van der Waals surface area (Å²) in [6.07, 6.45) is 17.4. The largest absolute Gasteiger partial charge is 0.481 e. The molecule has 0 spiro atoms. The Morgan fingerprint density at radius 3 is 1.00 bits per heavy atom. The molecule has 0 radical (unpaired) electrons. The van der Waals surface area contributed by atoms with Crippen LogP contribution in [-0.2, 0) is 4.79 Å². The molecule has 0 saturated carbocycles. The molecule has 0 aromatic heterocycles. The van der Waals surface area contributed by atoms with Crippen molar-refractivity contribution in [3.8, 4) is 0 Å². The minimum Gasteiger partial charge on any atom is -0.481 e. The molecule has 0 bridgehead atoms. The molecule has 0 heterocycles. The molecule has 0 unspecified atom stereocenters. The van der Waals surface area contributed by atoms with E-state index in [-0.39, 0.29) is 0 Å². The first kappa shape index (κ1) is 19.8. The quantitative estimate of drug-likeness (QED) is 0.476. The molecule has 0 atom stereocenters. The van der Waals surface area contributed by atoms with Crippen LogP contribution >= 0.6 is 0 Å². The lowest BCUT2D eigenvalue weighted by atomic mass is 10.1. The highest BCUT2D eigenvalue weighted by molar-refractivity contribution is 5.62. The zero-order valence-electron chi connectivity index (χ0n) is 12.8. The van der Waals surface area contributed by atoms with Gasteiger partial charge in [-0.3, -0.25) is 4.79 Å². The molecule has 0 aliphatic rings. The summed E-state index contributed by atoms with van der Waals surface area (Å²) < 4.78 is 0. The van der Waals surface area contributed by atoms with Crippen LogP contribution in [0.1, 0.15) is 97.8 Å². The van der Waals surface area contributed by atoms with Gasteiger partial charge in [0, 0.05) is 6.92 Å². The fourth-order valence-electron chi connectivity index (χ4n) is 1.91. The fourth-order valence-corrected chi connectivity index (χ4v) is 1.91. The van der Waals surface area contributed by atoms with E-state index >= 15 is 0 Å². The molecule has 110 valence electrons.